The van der Waals surface area contributed by atoms with Gasteiger partial charge in [-0.25, -0.2) is 12.8 Å². The molecule has 1 N–H and O–H groups in total. The first kappa shape index (κ1) is 18.3. The molecule has 1 unspecified atom stereocenters. The first-order valence-electron chi connectivity index (χ1n) is 8.71. The zero-order valence-corrected chi connectivity index (χ0v) is 15.0. The van der Waals surface area contributed by atoms with Gasteiger partial charge < -0.3 is 10.2 Å². The summed E-state index contributed by atoms with van der Waals surface area (Å²) in [6, 6.07) is 4.84. The average molecular weight is 369 g/mol. The smallest absolute Gasteiger partial charge is 0.243 e. The van der Waals surface area contributed by atoms with Crippen LogP contribution in [-0.4, -0.2) is 62.8 Å². The van der Waals surface area contributed by atoms with Gasteiger partial charge in [0.2, 0.25) is 15.9 Å². The van der Waals surface area contributed by atoms with E-state index in [9.17, 15) is 17.6 Å². The molecule has 0 saturated carbocycles. The van der Waals surface area contributed by atoms with Crippen molar-refractivity contribution in [1.29, 1.82) is 0 Å². The van der Waals surface area contributed by atoms with E-state index >= 15 is 0 Å². The fraction of sp³-hybridized carbons (Fsp3) is 0.588. The summed E-state index contributed by atoms with van der Waals surface area (Å²) < 4.78 is 39.5. The molecule has 25 heavy (non-hydrogen) atoms. The molecule has 0 bridgehead atoms. The van der Waals surface area contributed by atoms with Gasteiger partial charge in [-0.1, -0.05) is 0 Å². The maximum Gasteiger partial charge on any atom is 0.243 e. The van der Waals surface area contributed by atoms with Crippen molar-refractivity contribution in [2.24, 2.45) is 5.92 Å². The Labute approximate surface area is 148 Å². The normalized spacial score (nSPS) is 22.3. The molecular formula is C17H24FN3O3S. The topological polar surface area (TPSA) is 69.7 Å². The van der Waals surface area contributed by atoms with Gasteiger partial charge >= 0.3 is 0 Å². The third-order valence-corrected chi connectivity index (χ3v) is 6.88. The molecule has 1 amide bonds. The highest BCUT2D eigenvalue weighted by molar-refractivity contribution is 7.89. The van der Waals surface area contributed by atoms with Crippen molar-refractivity contribution >= 4 is 15.9 Å². The van der Waals surface area contributed by atoms with E-state index in [2.05, 4.69) is 5.32 Å². The quantitative estimate of drug-likeness (QED) is 0.842. The van der Waals surface area contributed by atoms with Gasteiger partial charge in [-0.2, -0.15) is 4.31 Å². The van der Waals surface area contributed by atoms with E-state index in [1.165, 1.54) is 16.4 Å². The summed E-state index contributed by atoms with van der Waals surface area (Å²) >= 11 is 0. The zero-order chi connectivity index (χ0) is 17.9. The summed E-state index contributed by atoms with van der Waals surface area (Å²) in [6.07, 6.45) is 2.54. The van der Waals surface area contributed by atoms with E-state index in [0.717, 1.165) is 38.1 Å². The Balaban J connectivity index is 1.52. The Morgan fingerprint density at radius 2 is 1.84 bits per heavy atom. The van der Waals surface area contributed by atoms with Crippen LogP contribution in [0.3, 0.4) is 0 Å². The van der Waals surface area contributed by atoms with Crippen LogP contribution in [0.15, 0.2) is 29.2 Å². The first-order chi connectivity index (χ1) is 12.0. The fourth-order valence-electron chi connectivity index (χ4n) is 3.38. The summed E-state index contributed by atoms with van der Waals surface area (Å²) in [5.74, 6) is 0.210. The molecule has 3 rings (SSSR count). The SMILES string of the molecule is O=C(CCC1CCNC1)N1CCN(S(=O)(=O)c2ccc(F)cc2)CC1. The Kier molecular flexibility index (Phi) is 5.71. The van der Waals surface area contributed by atoms with Crippen molar-refractivity contribution in [3.8, 4) is 0 Å². The van der Waals surface area contributed by atoms with Crippen molar-refractivity contribution < 1.29 is 17.6 Å². The van der Waals surface area contributed by atoms with Gasteiger partial charge in [0.05, 0.1) is 4.90 Å². The summed E-state index contributed by atoms with van der Waals surface area (Å²) in [7, 11) is -3.63. The van der Waals surface area contributed by atoms with Gasteiger partial charge in [0, 0.05) is 32.6 Å². The van der Waals surface area contributed by atoms with Gasteiger partial charge in [-0.3, -0.25) is 4.79 Å². The molecule has 2 heterocycles. The van der Waals surface area contributed by atoms with Crippen LogP contribution in [0.5, 0.6) is 0 Å². The largest absolute Gasteiger partial charge is 0.340 e. The number of rotatable bonds is 5. The lowest BCUT2D eigenvalue weighted by molar-refractivity contribution is -0.132. The maximum atomic E-state index is 13.0. The number of piperazine rings is 1. The summed E-state index contributed by atoms with van der Waals surface area (Å²) in [4.78, 5) is 14.1. The predicted molar refractivity (Wildman–Crippen MR) is 91.9 cm³/mol. The molecule has 2 saturated heterocycles. The van der Waals surface area contributed by atoms with Gasteiger partial charge in [0.1, 0.15) is 5.82 Å². The molecule has 0 aromatic heterocycles. The minimum absolute atomic E-state index is 0.0856. The zero-order valence-electron chi connectivity index (χ0n) is 14.2. The number of hydrogen-bond acceptors (Lipinski definition) is 4. The summed E-state index contributed by atoms with van der Waals surface area (Å²) in [6.45, 7) is 3.37. The Morgan fingerprint density at radius 3 is 2.44 bits per heavy atom. The predicted octanol–water partition coefficient (Wildman–Crippen LogP) is 1.05. The molecule has 138 valence electrons. The molecule has 0 radical (unpaired) electrons. The first-order valence-corrected chi connectivity index (χ1v) is 10.1. The molecule has 1 aromatic carbocycles. The van der Waals surface area contributed by atoms with Crippen LogP contribution in [0.25, 0.3) is 0 Å². The number of sulfonamides is 1. The number of amides is 1. The average Bonchev–Trinajstić information content (AvgIpc) is 3.14. The third-order valence-electron chi connectivity index (χ3n) is 4.97. The molecule has 1 aromatic rings. The van der Waals surface area contributed by atoms with Crippen LogP contribution < -0.4 is 5.32 Å². The van der Waals surface area contributed by atoms with E-state index < -0.39 is 15.8 Å². The van der Waals surface area contributed by atoms with Crippen molar-refractivity contribution in [3.05, 3.63) is 30.1 Å². The van der Waals surface area contributed by atoms with Crippen LogP contribution in [0.4, 0.5) is 4.39 Å². The number of carbonyl (C=O) groups excluding carboxylic acids is 1. The number of halogens is 1. The molecule has 0 aliphatic carbocycles. The van der Waals surface area contributed by atoms with Gasteiger partial charge in [-0.15, -0.1) is 0 Å². The second kappa shape index (κ2) is 7.80. The number of nitrogens with zero attached hydrogens (tertiary/aromatic N) is 2. The number of carbonyl (C=O) groups is 1. The molecule has 8 heteroatoms. The van der Waals surface area contributed by atoms with Gasteiger partial charge in [0.15, 0.2) is 0 Å². The number of nitrogens with one attached hydrogen (secondary N) is 1. The summed E-state index contributed by atoms with van der Waals surface area (Å²) in [5.41, 5.74) is 0. The van der Waals surface area contributed by atoms with Crippen LogP contribution >= 0.6 is 0 Å². The standard InChI is InChI=1S/C17H24FN3O3S/c18-15-2-4-16(5-3-15)25(23,24)21-11-9-20(10-12-21)17(22)6-1-14-7-8-19-13-14/h2-5,14,19H,1,6-13H2. The lowest BCUT2D eigenvalue weighted by atomic mass is 10.0. The number of hydrogen-bond donors (Lipinski definition) is 1. The molecular weight excluding hydrogens is 345 g/mol. The minimum atomic E-state index is -3.63. The van der Waals surface area contributed by atoms with E-state index in [0.29, 0.717) is 25.4 Å². The van der Waals surface area contributed by atoms with Crippen molar-refractivity contribution in [1.82, 2.24) is 14.5 Å². The summed E-state index contributed by atoms with van der Waals surface area (Å²) in [5, 5.41) is 3.30. The minimum Gasteiger partial charge on any atom is -0.340 e. The highest BCUT2D eigenvalue weighted by Gasteiger charge is 2.30. The molecule has 6 nitrogen and oxygen atoms in total. The number of benzene rings is 1. The molecule has 2 aliphatic heterocycles. The third kappa shape index (κ3) is 4.37. The van der Waals surface area contributed by atoms with Crippen molar-refractivity contribution in [2.75, 3.05) is 39.3 Å². The van der Waals surface area contributed by atoms with Crippen LogP contribution in [0.2, 0.25) is 0 Å². The molecule has 1 atom stereocenters. The van der Waals surface area contributed by atoms with Crippen LogP contribution in [0.1, 0.15) is 19.3 Å². The lowest BCUT2D eigenvalue weighted by Gasteiger charge is -2.34. The van der Waals surface area contributed by atoms with Gasteiger partial charge in [-0.05, 0) is 56.1 Å². The lowest BCUT2D eigenvalue weighted by Crippen LogP contribution is -2.50. The molecule has 2 fully saturated rings. The van der Waals surface area contributed by atoms with Crippen molar-refractivity contribution in [3.63, 3.8) is 0 Å². The Morgan fingerprint density at radius 1 is 1.16 bits per heavy atom. The van der Waals surface area contributed by atoms with E-state index in [4.69, 9.17) is 0 Å². The van der Waals surface area contributed by atoms with E-state index in [1.54, 1.807) is 4.90 Å². The maximum absolute atomic E-state index is 13.0. The van der Waals surface area contributed by atoms with E-state index in [1.807, 2.05) is 0 Å². The second-order valence-electron chi connectivity index (χ2n) is 6.64. The monoisotopic (exact) mass is 369 g/mol. The highest BCUT2D eigenvalue weighted by atomic mass is 32.2. The molecule has 0 spiro atoms. The van der Waals surface area contributed by atoms with Crippen LogP contribution in [-0.2, 0) is 14.8 Å². The van der Waals surface area contributed by atoms with E-state index in [-0.39, 0.29) is 23.9 Å². The van der Waals surface area contributed by atoms with Crippen molar-refractivity contribution in [2.45, 2.75) is 24.2 Å². The van der Waals surface area contributed by atoms with Crippen LogP contribution in [0, 0.1) is 11.7 Å². The molecule has 2 aliphatic rings. The Hall–Kier alpha value is -1.51. The van der Waals surface area contributed by atoms with Gasteiger partial charge in [0.25, 0.3) is 0 Å². The Bertz CT molecular complexity index is 694. The fourth-order valence-corrected chi connectivity index (χ4v) is 4.80. The highest BCUT2D eigenvalue weighted by Crippen LogP contribution is 2.19. The second-order valence-corrected chi connectivity index (χ2v) is 8.57.